The minimum absolute atomic E-state index is 0.0741. The molecule has 1 heterocycles. The van der Waals surface area contributed by atoms with Crippen LogP contribution in [0.1, 0.15) is 17.3 Å². The van der Waals surface area contributed by atoms with Crippen molar-refractivity contribution in [1.29, 1.82) is 0 Å². The third kappa shape index (κ3) is 2.68. The Morgan fingerprint density at radius 3 is 2.93 bits per heavy atom. The molecular weight excluding hydrogens is 260 g/mol. The topological polar surface area (TPSA) is 53.4 Å². The van der Waals surface area contributed by atoms with Gasteiger partial charge in [-0.3, -0.25) is 9.78 Å². The van der Waals surface area contributed by atoms with Crippen LogP contribution in [0.15, 0.2) is 18.5 Å². The number of aromatic hydroxyl groups is 1. The summed E-state index contributed by atoms with van der Waals surface area (Å²) in [5.41, 5.74) is 0.278. The van der Waals surface area contributed by atoms with E-state index in [0.717, 1.165) is 0 Å². The van der Waals surface area contributed by atoms with E-state index in [1.807, 2.05) is 6.92 Å². The molecule has 5 heteroatoms. The molecule has 4 nitrogen and oxygen atoms in total. The quantitative estimate of drug-likeness (QED) is 0.852. The average molecular weight is 273 g/mol. The van der Waals surface area contributed by atoms with E-state index in [1.54, 1.807) is 11.9 Å². The summed E-state index contributed by atoms with van der Waals surface area (Å²) in [6.45, 7) is 1.92. The average Bonchev–Trinajstić information content (AvgIpc) is 2.26. The second-order valence-corrected chi connectivity index (χ2v) is 3.96. The molecule has 0 aliphatic heterocycles. The second kappa shape index (κ2) is 5.11. The van der Waals surface area contributed by atoms with Crippen molar-refractivity contribution in [3.8, 4) is 5.75 Å². The van der Waals surface area contributed by atoms with Crippen LogP contribution in [0.25, 0.3) is 0 Å². The molecule has 1 rings (SSSR count). The van der Waals surface area contributed by atoms with E-state index in [0.29, 0.717) is 5.33 Å². The molecule has 0 aliphatic rings. The lowest BCUT2D eigenvalue weighted by atomic mass is 10.2. The van der Waals surface area contributed by atoms with Crippen LogP contribution in [0, 0.1) is 0 Å². The van der Waals surface area contributed by atoms with Crippen molar-refractivity contribution in [2.45, 2.75) is 13.0 Å². The second-order valence-electron chi connectivity index (χ2n) is 3.31. The number of rotatable bonds is 3. The third-order valence-corrected chi connectivity index (χ3v) is 3.17. The highest BCUT2D eigenvalue weighted by Gasteiger charge is 2.19. The van der Waals surface area contributed by atoms with E-state index in [4.69, 9.17) is 0 Å². The number of halogens is 1. The summed E-state index contributed by atoms with van der Waals surface area (Å²) in [5.74, 6) is -0.294. The maximum absolute atomic E-state index is 11.9. The first-order valence-corrected chi connectivity index (χ1v) is 5.66. The molecule has 1 amide bonds. The number of alkyl halides is 1. The SMILES string of the molecule is CC(CBr)N(C)C(=O)c1ccncc1O. The Balaban J connectivity index is 2.90. The highest BCUT2D eigenvalue weighted by atomic mass is 79.9. The molecule has 0 radical (unpaired) electrons. The van der Waals surface area contributed by atoms with E-state index in [9.17, 15) is 9.90 Å². The number of hydrogen-bond acceptors (Lipinski definition) is 3. The molecule has 0 fully saturated rings. The van der Waals surface area contributed by atoms with Crippen LogP contribution >= 0.6 is 15.9 Å². The van der Waals surface area contributed by atoms with Gasteiger partial charge in [-0.25, -0.2) is 0 Å². The predicted molar refractivity (Wildman–Crippen MR) is 61.3 cm³/mol. The first-order valence-electron chi connectivity index (χ1n) is 4.54. The Hall–Kier alpha value is -1.10. The lowest BCUT2D eigenvalue weighted by molar-refractivity contribution is 0.0755. The van der Waals surface area contributed by atoms with Gasteiger partial charge in [0.2, 0.25) is 0 Å². The van der Waals surface area contributed by atoms with Crippen molar-refractivity contribution < 1.29 is 9.90 Å². The molecule has 15 heavy (non-hydrogen) atoms. The van der Waals surface area contributed by atoms with Gasteiger partial charge >= 0.3 is 0 Å². The molecule has 1 atom stereocenters. The first kappa shape index (κ1) is 12.0. The van der Waals surface area contributed by atoms with E-state index >= 15 is 0 Å². The fourth-order valence-electron chi connectivity index (χ4n) is 1.06. The minimum Gasteiger partial charge on any atom is -0.505 e. The number of carbonyl (C=O) groups excluding carboxylic acids is 1. The van der Waals surface area contributed by atoms with Gasteiger partial charge in [-0.15, -0.1) is 0 Å². The van der Waals surface area contributed by atoms with Gasteiger partial charge in [0.1, 0.15) is 5.75 Å². The Morgan fingerprint density at radius 1 is 1.73 bits per heavy atom. The van der Waals surface area contributed by atoms with Crippen molar-refractivity contribution in [3.63, 3.8) is 0 Å². The number of pyridine rings is 1. The normalized spacial score (nSPS) is 12.2. The smallest absolute Gasteiger partial charge is 0.257 e. The molecular formula is C10H13BrN2O2. The van der Waals surface area contributed by atoms with E-state index in [2.05, 4.69) is 20.9 Å². The summed E-state index contributed by atoms with van der Waals surface area (Å²) in [7, 11) is 1.70. The van der Waals surface area contributed by atoms with Crippen LogP contribution in [0.5, 0.6) is 5.75 Å². The molecule has 0 saturated heterocycles. The van der Waals surface area contributed by atoms with Crippen molar-refractivity contribution >= 4 is 21.8 Å². The Labute approximate surface area is 97.1 Å². The number of nitrogens with zero attached hydrogens (tertiary/aromatic N) is 2. The summed E-state index contributed by atoms with van der Waals surface area (Å²) >= 11 is 3.31. The zero-order chi connectivity index (χ0) is 11.4. The zero-order valence-electron chi connectivity index (χ0n) is 8.64. The minimum atomic E-state index is -0.207. The Morgan fingerprint density at radius 2 is 2.40 bits per heavy atom. The number of hydrogen-bond donors (Lipinski definition) is 1. The van der Waals surface area contributed by atoms with Gasteiger partial charge in [0, 0.05) is 24.6 Å². The fourth-order valence-corrected chi connectivity index (χ4v) is 1.49. The molecule has 0 aromatic carbocycles. The summed E-state index contributed by atoms with van der Waals surface area (Å²) in [4.78, 5) is 17.2. The number of amides is 1. The number of carbonyl (C=O) groups is 1. The predicted octanol–water partition coefficient (Wildman–Crippen LogP) is 1.64. The Bertz CT molecular complexity index is 357. The molecule has 1 aromatic rings. The third-order valence-electron chi connectivity index (χ3n) is 2.24. The molecule has 0 spiro atoms. The van der Waals surface area contributed by atoms with Crippen LogP contribution in [0.2, 0.25) is 0 Å². The monoisotopic (exact) mass is 272 g/mol. The highest BCUT2D eigenvalue weighted by molar-refractivity contribution is 9.09. The van der Waals surface area contributed by atoms with Gasteiger partial charge in [-0.1, -0.05) is 15.9 Å². The van der Waals surface area contributed by atoms with Gasteiger partial charge in [0.15, 0.2) is 0 Å². The molecule has 1 unspecified atom stereocenters. The Kier molecular flexibility index (Phi) is 4.08. The molecule has 1 N–H and O–H groups in total. The van der Waals surface area contributed by atoms with Crippen LogP contribution in [-0.4, -0.2) is 39.3 Å². The van der Waals surface area contributed by atoms with E-state index in [1.165, 1.54) is 18.5 Å². The molecule has 0 saturated carbocycles. The maximum atomic E-state index is 11.9. The molecule has 0 aliphatic carbocycles. The highest BCUT2D eigenvalue weighted by Crippen LogP contribution is 2.17. The van der Waals surface area contributed by atoms with Crippen LogP contribution < -0.4 is 0 Å². The van der Waals surface area contributed by atoms with Crippen molar-refractivity contribution in [2.75, 3.05) is 12.4 Å². The standard InChI is InChI=1S/C10H13BrN2O2/c1-7(5-11)13(2)10(15)8-3-4-12-6-9(8)14/h3-4,6-7,14H,5H2,1-2H3. The maximum Gasteiger partial charge on any atom is 0.257 e. The lowest BCUT2D eigenvalue weighted by Crippen LogP contribution is -2.36. The molecule has 1 aromatic heterocycles. The first-order chi connectivity index (χ1) is 7.07. The van der Waals surface area contributed by atoms with Gasteiger partial charge in [-0.05, 0) is 13.0 Å². The summed E-state index contributed by atoms with van der Waals surface area (Å²) in [6.07, 6.45) is 2.75. The van der Waals surface area contributed by atoms with E-state index in [-0.39, 0.29) is 23.3 Å². The summed E-state index contributed by atoms with van der Waals surface area (Å²) in [5, 5.41) is 10.2. The lowest BCUT2D eigenvalue weighted by Gasteiger charge is -2.23. The van der Waals surface area contributed by atoms with Crippen molar-refractivity contribution in [1.82, 2.24) is 9.88 Å². The number of aromatic nitrogens is 1. The largest absolute Gasteiger partial charge is 0.505 e. The van der Waals surface area contributed by atoms with Crippen LogP contribution in [0.3, 0.4) is 0 Å². The van der Waals surface area contributed by atoms with Crippen molar-refractivity contribution in [3.05, 3.63) is 24.0 Å². The van der Waals surface area contributed by atoms with E-state index < -0.39 is 0 Å². The van der Waals surface area contributed by atoms with Gasteiger partial charge < -0.3 is 10.0 Å². The summed E-state index contributed by atoms with van der Waals surface area (Å²) in [6, 6.07) is 1.58. The van der Waals surface area contributed by atoms with Gasteiger partial charge in [0.25, 0.3) is 5.91 Å². The van der Waals surface area contributed by atoms with Gasteiger partial charge in [-0.2, -0.15) is 0 Å². The fraction of sp³-hybridized carbons (Fsp3) is 0.400. The zero-order valence-corrected chi connectivity index (χ0v) is 10.2. The van der Waals surface area contributed by atoms with Crippen molar-refractivity contribution in [2.24, 2.45) is 0 Å². The summed E-state index contributed by atoms with van der Waals surface area (Å²) < 4.78 is 0. The molecule has 82 valence electrons. The van der Waals surface area contributed by atoms with Gasteiger partial charge in [0.05, 0.1) is 11.8 Å². The molecule has 0 bridgehead atoms. The van der Waals surface area contributed by atoms with Crippen LogP contribution in [-0.2, 0) is 0 Å². The van der Waals surface area contributed by atoms with Crippen LogP contribution in [0.4, 0.5) is 0 Å².